The van der Waals surface area contributed by atoms with Crippen molar-refractivity contribution in [2.45, 2.75) is 102 Å². The summed E-state index contributed by atoms with van der Waals surface area (Å²) in [5.74, 6) is 0.602. The van der Waals surface area contributed by atoms with Gasteiger partial charge in [0.05, 0.1) is 0 Å². The van der Waals surface area contributed by atoms with Gasteiger partial charge in [0.2, 0.25) is 0 Å². The molecule has 244 valence electrons. The number of anilines is 6. The highest BCUT2D eigenvalue weighted by atomic mass is 15.2. The minimum atomic E-state index is 0.184. The van der Waals surface area contributed by atoms with Gasteiger partial charge < -0.3 is 9.80 Å². The largest absolute Gasteiger partial charge is 0.311 e. The van der Waals surface area contributed by atoms with Gasteiger partial charge in [-0.25, -0.2) is 0 Å². The van der Waals surface area contributed by atoms with Crippen LogP contribution in [0.25, 0.3) is 0 Å². The molecule has 3 aliphatic carbocycles. The summed E-state index contributed by atoms with van der Waals surface area (Å²) < 4.78 is 0. The zero-order valence-electron chi connectivity index (χ0n) is 29.7. The molecule has 49 heavy (non-hydrogen) atoms. The van der Waals surface area contributed by atoms with E-state index in [9.17, 15) is 0 Å². The second-order valence-electron chi connectivity index (χ2n) is 17.0. The Labute approximate surface area is 293 Å². The maximum atomic E-state index is 2.65. The molecule has 2 aliphatic heterocycles. The van der Waals surface area contributed by atoms with Crippen LogP contribution in [-0.4, -0.2) is 6.71 Å². The summed E-state index contributed by atoms with van der Waals surface area (Å²) in [6.45, 7) is 10.00. The maximum Gasteiger partial charge on any atom is 0.252 e. The molecular weight excluding hydrogens is 591 g/mol. The number of hydrogen-bond acceptors (Lipinski definition) is 2. The van der Waals surface area contributed by atoms with E-state index in [1.54, 1.807) is 11.1 Å². The van der Waals surface area contributed by atoms with Crippen molar-refractivity contribution in [1.82, 2.24) is 0 Å². The quantitative estimate of drug-likeness (QED) is 0.178. The lowest BCUT2D eigenvalue weighted by atomic mass is 9.33. The molecule has 0 radical (unpaired) electrons. The van der Waals surface area contributed by atoms with Gasteiger partial charge in [0.25, 0.3) is 6.71 Å². The number of hydrogen-bond donors (Lipinski definition) is 0. The zero-order chi connectivity index (χ0) is 33.1. The summed E-state index contributed by atoms with van der Waals surface area (Å²) in [6, 6.07) is 38.2. The van der Waals surface area contributed by atoms with E-state index < -0.39 is 0 Å². The van der Waals surface area contributed by atoms with Gasteiger partial charge in [-0.2, -0.15) is 0 Å². The molecule has 2 nitrogen and oxygen atoms in total. The molecule has 1 fully saturated rings. The summed E-state index contributed by atoms with van der Waals surface area (Å²) in [5.41, 5.74) is 20.5. The Bertz CT molecular complexity index is 1980. The Morgan fingerprint density at radius 3 is 1.49 bits per heavy atom. The van der Waals surface area contributed by atoms with Gasteiger partial charge in [0.15, 0.2) is 0 Å². The molecule has 2 heterocycles. The molecule has 0 saturated heterocycles. The Morgan fingerprint density at radius 1 is 0.551 bits per heavy atom. The molecule has 10 rings (SSSR count). The van der Waals surface area contributed by atoms with Gasteiger partial charge >= 0.3 is 0 Å². The van der Waals surface area contributed by atoms with Crippen molar-refractivity contribution < 1.29 is 0 Å². The van der Waals surface area contributed by atoms with Gasteiger partial charge in [-0.3, -0.25) is 0 Å². The molecule has 5 aliphatic rings. The van der Waals surface area contributed by atoms with Crippen molar-refractivity contribution in [1.29, 1.82) is 0 Å². The summed E-state index contributed by atoms with van der Waals surface area (Å²) in [5, 5.41) is 0. The highest BCUT2D eigenvalue weighted by Gasteiger charge is 2.46. The lowest BCUT2D eigenvalue weighted by Gasteiger charge is -2.45. The Balaban J connectivity index is 1.33. The predicted octanol–water partition coefficient (Wildman–Crippen LogP) is 10.3. The third kappa shape index (κ3) is 4.40. The van der Waals surface area contributed by atoms with Crippen molar-refractivity contribution in [2.75, 3.05) is 9.80 Å². The van der Waals surface area contributed by atoms with E-state index in [0.717, 1.165) is 12.8 Å². The number of benzene rings is 5. The first-order chi connectivity index (χ1) is 23.8. The van der Waals surface area contributed by atoms with Crippen LogP contribution >= 0.6 is 0 Å². The van der Waals surface area contributed by atoms with Gasteiger partial charge in [-0.05, 0) is 148 Å². The predicted molar refractivity (Wildman–Crippen MR) is 209 cm³/mol. The van der Waals surface area contributed by atoms with Crippen LogP contribution in [0.4, 0.5) is 34.1 Å². The van der Waals surface area contributed by atoms with E-state index in [0.29, 0.717) is 5.92 Å². The molecule has 0 unspecified atom stereocenters. The smallest absolute Gasteiger partial charge is 0.252 e. The van der Waals surface area contributed by atoms with Crippen LogP contribution in [0.1, 0.15) is 106 Å². The number of fused-ring (bicyclic) bond motifs is 6. The Morgan fingerprint density at radius 2 is 1.02 bits per heavy atom. The zero-order valence-corrected chi connectivity index (χ0v) is 29.7. The number of nitrogens with zero attached hydrogens (tertiary/aromatic N) is 2. The Kier molecular flexibility index (Phi) is 6.44. The standard InChI is InChI=1S/C46H47BN2/c1-45(2)22-20-31-24-38-40(28-36(31)45)48(34-16-10-6-11-17-34)42-26-33(30-14-8-5-9-15-30)27-43-44(42)47(38)39-25-32-21-23-46(3,4)37(32)29-41(39)49(43)35-18-12-7-13-19-35/h6-7,10-13,16-19,24-30H,5,8-9,14-15,20-23H2,1-4H3. The van der Waals surface area contributed by atoms with Gasteiger partial charge in [-0.1, -0.05) is 95.5 Å². The highest BCUT2D eigenvalue weighted by Crippen LogP contribution is 2.50. The van der Waals surface area contributed by atoms with Gasteiger partial charge in [-0.15, -0.1) is 0 Å². The van der Waals surface area contributed by atoms with E-state index in [2.05, 4.69) is 135 Å². The maximum absolute atomic E-state index is 2.65. The molecule has 5 aromatic carbocycles. The summed E-state index contributed by atoms with van der Waals surface area (Å²) in [6.07, 6.45) is 11.4. The minimum absolute atomic E-state index is 0.184. The molecule has 0 atom stereocenters. The lowest BCUT2D eigenvalue weighted by molar-refractivity contribution is 0.444. The van der Waals surface area contributed by atoms with Crippen LogP contribution in [-0.2, 0) is 23.7 Å². The lowest BCUT2D eigenvalue weighted by Crippen LogP contribution is -2.61. The first-order valence-corrected chi connectivity index (χ1v) is 19.0. The first kappa shape index (κ1) is 29.7. The fourth-order valence-electron chi connectivity index (χ4n) is 10.4. The molecule has 1 saturated carbocycles. The van der Waals surface area contributed by atoms with E-state index in [4.69, 9.17) is 0 Å². The van der Waals surface area contributed by atoms with Crippen molar-refractivity contribution in [2.24, 2.45) is 0 Å². The third-order valence-electron chi connectivity index (χ3n) is 13.1. The molecule has 0 N–H and O–H groups in total. The number of aryl methyl sites for hydroxylation is 2. The van der Waals surface area contributed by atoms with Gasteiger partial charge in [0.1, 0.15) is 0 Å². The topological polar surface area (TPSA) is 6.48 Å². The second kappa shape index (κ2) is 10.6. The summed E-state index contributed by atoms with van der Waals surface area (Å²) >= 11 is 0. The number of para-hydroxylation sites is 2. The fourth-order valence-corrected chi connectivity index (χ4v) is 10.4. The minimum Gasteiger partial charge on any atom is -0.311 e. The van der Waals surface area contributed by atoms with Gasteiger partial charge in [0, 0.05) is 34.1 Å². The van der Waals surface area contributed by atoms with Crippen LogP contribution in [0, 0.1) is 0 Å². The Hall–Kier alpha value is -4.24. The van der Waals surface area contributed by atoms with Crippen LogP contribution in [0.15, 0.2) is 97.1 Å². The third-order valence-corrected chi connectivity index (χ3v) is 13.1. The molecule has 0 aromatic heterocycles. The molecule has 0 spiro atoms. The average molecular weight is 639 g/mol. The van der Waals surface area contributed by atoms with Crippen molar-refractivity contribution in [3.63, 3.8) is 0 Å². The van der Waals surface area contributed by atoms with Crippen LogP contribution in [0.2, 0.25) is 0 Å². The van der Waals surface area contributed by atoms with Crippen LogP contribution < -0.4 is 26.2 Å². The molecule has 0 bridgehead atoms. The van der Waals surface area contributed by atoms with Crippen molar-refractivity contribution in [3.8, 4) is 0 Å². The molecular formula is C46H47BN2. The van der Waals surface area contributed by atoms with Crippen molar-refractivity contribution in [3.05, 3.63) is 125 Å². The summed E-state index contributed by atoms with van der Waals surface area (Å²) in [4.78, 5) is 5.30. The monoisotopic (exact) mass is 638 g/mol. The summed E-state index contributed by atoms with van der Waals surface area (Å²) in [7, 11) is 0. The van der Waals surface area contributed by atoms with Crippen LogP contribution in [0.3, 0.4) is 0 Å². The van der Waals surface area contributed by atoms with E-state index >= 15 is 0 Å². The molecule has 5 aromatic rings. The van der Waals surface area contributed by atoms with E-state index in [1.165, 1.54) is 112 Å². The second-order valence-corrected chi connectivity index (χ2v) is 17.0. The van der Waals surface area contributed by atoms with Crippen LogP contribution in [0.5, 0.6) is 0 Å². The van der Waals surface area contributed by atoms with Crippen molar-refractivity contribution >= 4 is 57.2 Å². The molecule has 0 amide bonds. The molecule has 3 heteroatoms. The average Bonchev–Trinajstić information content (AvgIpc) is 3.59. The number of rotatable bonds is 3. The van der Waals surface area contributed by atoms with E-state index in [1.807, 2.05) is 0 Å². The van der Waals surface area contributed by atoms with E-state index in [-0.39, 0.29) is 17.5 Å². The SMILES string of the molecule is CC1(C)CCc2cc3c(cc21)N(c1ccccc1)c1cc(C2CCCCC2)cc2c1B3c1cc3c(cc1N2c1ccccc1)C(C)(C)CC3. The first-order valence-electron chi connectivity index (χ1n) is 19.0. The fraction of sp³-hybridized carbons (Fsp3) is 0.348. The highest BCUT2D eigenvalue weighted by molar-refractivity contribution is 7.00. The normalized spacial score (nSPS) is 19.6.